The zero-order chi connectivity index (χ0) is 32.3. The average molecular weight is 530 g/mol. The van der Waals surface area contributed by atoms with Crippen LogP contribution in [0.3, 0.4) is 0 Å². The van der Waals surface area contributed by atoms with Gasteiger partial charge < -0.3 is 4.42 Å². The van der Waals surface area contributed by atoms with E-state index in [2.05, 4.69) is 41.7 Å². The summed E-state index contributed by atoms with van der Waals surface area (Å²) in [5.41, 5.74) is 3.00. The van der Waals surface area contributed by atoms with Crippen molar-refractivity contribution in [1.29, 1.82) is 0 Å². The molecule has 6 aromatic rings. The van der Waals surface area contributed by atoms with E-state index < -0.39 is 21.8 Å². The van der Waals surface area contributed by atoms with Crippen LogP contribution in [0.4, 0.5) is 5.69 Å². The van der Waals surface area contributed by atoms with E-state index in [1.807, 2.05) is 61.5 Å². The molecule has 2 heterocycles. The van der Waals surface area contributed by atoms with Crippen LogP contribution in [0.1, 0.15) is 24.9 Å². The van der Waals surface area contributed by atoms with E-state index in [1.54, 1.807) is 11.6 Å². The Kier molecular flexibility index (Phi) is 4.50. The fourth-order valence-corrected chi connectivity index (χ4v) is 9.47. The molecule has 0 N–H and O–H groups in total. The zero-order valence-corrected chi connectivity index (χ0v) is 23.0. The minimum absolute atomic E-state index is 0.214. The minimum Gasteiger partial charge on any atom is -0.466 e. The molecule has 0 atom stereocenters. The lowest BCUT2D eigenvalue weighted by Crippen LogP contribution is -2.64. The molecule has 4 aromatic carbocycles. The van der Waals surface area contributed by atoms with Gasteiger partial charge in [-0.3, -0.25) is 0 Å². The SMILES string of the molecule is [2H]C([2H])([2H])c1cc(-c2c(C)ccc3c2oc2c([N+]#[C-])c([Si](C)(c4ccccc4)c4ccccc4)ccc23)[n+](C)cc1C([2H])([2H])[2H]. The van der Waals surface area contributed by atoms with E-state index >= 15 is 0 Å². The molecule has 190 valence electrons. The van der Waals surface area contributed by atoms with Crippen molar-refractivity contribution in [2.75, 3.05) is 0 Å². The Hall–Kier alpha value is -4.46. The van der Waals surface area contributed by atoms with E-state index in [4.69, 9.17) is 19.2 Å². The van der Waals surface area contributed by atoms with Crippen molar-refractivity contribution in [3.63, 3.8) is 0 Å². The van der Waals surface area contributed by atoms with Crippen LogP contribution in [-0.4, -0.2) is 8.07 Å². The Balaban J connectivity index is 1.67. The molecule has 39 heavy (non-hydrogen) atoms. The third-order valence-electron chi connectivity index (χ3n) is 7.87. The Labute approximate surface area is 239 Å². The first-order valence-electron chi connectivity index (χ1n) is 15.8. The number of aromatic nitrogens is 1. The molecular weight excluding hydrogens is 492 g/mol. The third-order valence-corrected chi connectivity index (χ3v) is 12.3. The fraction of sp³-hybridized carbons (Fsp3) is 0.143. The summed E-state index contributed by atoms with van der Waals surface area (Å²) < 4.78 is 56.6. The second-order valence-electron chi connectivity index (χ2n) is 10.1. The zero-order valence-electron chi connectivity index (χ0n) is 28.0. The van der Waals surface area contributed by atoms with Crippen molar-refractivity contribution in [3.8, 4) is 11.3 Å². The van der Waals surface area contributed by atoms with E-state index in [0.717, 1.165) is 21.5 Å². The number of furan rings is 1. The summed E-state index contributed by atoms with van der Waals surface area (Å²) in [6.07, 6.45) is 1.38. The highest BCUT2D eigenvalue weighted by atomic mass is 28.3. The first-order valence-corrected chi connectivity index (χ1v) is 15.3. The monoisotopic (exact) mass is 529 g/mol. The normalized spacial score (nSPS) is 14.6. The van der Waals surface area contributed by atoms with Gasteiger partial charge in [0.2, 0.25) is 11.4 Å². The second kappa shape index (κ2) is 9.38. The van der Waals surface area contributed by atoms with Gasteiger partial charge in [0, 0.05) is 30.6 Å². The van der Waals surface area contributed by atoms with E-state index in [9.17, 15) is 0 Å². The molecule has 0 bridgehead atoms. The Morgan fingerprint density at radius 1 is 0.795 bits per heavy atom. The summed E-state index contributed by atoms with van der Waals surface area (Å²) in [6, 6.07) is 30.0. The molecule has 0 spiro atoms. The number of hydrogen-bond donors (Lipinski definition) is 0. The summed E-state index contributed by atoms with van der Waals surface area (Å²) in [6.45, 7) is 7.31. The van der Waals surface area contributed by atoms with Crippen molar-refractivity contribution in [3.05, 3.63) is 125 Å². The van der Waals surface area contributed by atoms with Crippen LogP contribution in [0.25, 0.3) is 38.0 Å². The second-order valence-corrected chi connectivity index (χ2v) is 14.1. The van der Waals surface area contributed by atoms with Crippen LogP contribution in [0, 0.1) is 27.2 Å². The number of nitrogens with zero attached hydrogens (tertiary/aromatic N) is 2. The molecule has 0 amide bonds. The number of rotatable bonds is 4. The predicted molar refractivity (Wildman–Crippen MR) is 164 cm³/mol. The number of aryl methyl sites for hydroxylation is 4. The predicted octanol–water partition coefficient (Wildman–Crippen LogP) is 6.65. The van der Waals surface area contributed by atoms with Gasteiger partial charge in [-0.05, 0) is 36.9 Å². The number of hydrogen-bond acceptors (Lipinski definition) is 1. The summed E-state index contributed by atoms with van der Waals surface area (Å²) >= 11 is 0. The van der Waals surface area contributed by atoms with Crippen LogP contribution < -0.4 is 20.1 Å². The first kappa shape index (κ1) is 18.7. The molecule has 0 aliphatic heterocycles. The maximum atomic E-state index is 8.39. The Morgan fingerprint density at radius 2 is 1.41 bits per heavy atom. The van der Waals surface area contributed by atoms with Gasteiger partial charge in [0.25, 0.3) is 0 Å². The number of benzene rings is 4. The van der Waals surface area contributed by atoms with Crippen molar-refractivity contribution in [1.82, 2.24) is 0 Å². The standard InChI is InChI=1S/C35H31N2OSi/c1-23-17-18-28-29-19-20-31(39(6,26-13-9-7-10-14-26)27-15-11-8-12-16-27)33(36-4)35(29)38-34(28)32(23)30-21-24(2)25(3)22-37(30)5/h7-22H,1-3,5-6H3/q+1/i2D3,3D3. The Bertz CT molecular complexity index is 2090. The average Bonchev–Trinajstić information content (AvgIpc) is 3.39. The molecule has 0 saturated heterocycles. The van der Waals surface area contributed by atoms with Crippen molar-refractivity contribution in [2.45, 2.75) is 27.2 Å². The van der Waals surface area contributed by atoms with Gasteiger partial charge in [-0.2, -0.15) is 0 Å². The van der Waals surface area contributed by atoms with E-state index in [1.165, 1.54) is 22.6 Å². The van der Waals surface area contributed by atoms with Crippen LogP contribution in [-0.2, 0) is 7.05 Å². The first-order chi connectivity index (χ1) is 21.3. The highest BCUT2D eigenvalue weighted by Gasteiger charge is 2.37. The molecule has 0 unspecified atom stereocenters. The van der Waals surface area contributed by atoms with Crippen LogP contribution in [0.5, 0.6) is 0 Å². The largest absolute Gasteiger partial charge is 0.466 e. The van der Waals surface area contributed by atoms with Crippen molar-refractivity contribution < 1.29 is 17.2 Å². The topological polar surface area (TPSA) is 21.4 Å². The van der Waals surface area contributed by atoms with Crippen molar-refractivity contribution in [2.24, 2.45) is 7.05 Å². The van der Waals surface area contributed by atoms with Crippen LogP contribution >= 0.6 is 0 Å². The fourth-order valence-electron chi connectivity index (χ4n) is 5.74. The molecule has 6 rings (SSSR count). The smallest absolute Gasteiger partial charge is 0.229 e. The third kappa shape index (κ3) is 3.81. The minimum atomic E-state index is -2.65. The quantitative estimate of drug-likeness (QED) is 0.108. The molecule has 3 nitrogen and oxygen atoms in total. The lowest BCUT2D eigenvalue weighted by atomic mass is 9.99. The van der Waals surface area contributed by atoms with Gasteiger partial charge >= 0.3 is 0 Å². The molecule has 0 radical (unpaired) electrons. The molecule has 0 saturated carbocycles. The molecule has 4 heteroatoms. The summed E-state index contributed by atoms with van der Waals surface area (Å²) in [7, 11) is -0.951. The summed E-state index contributed by atoms with van der Waals surface area (Å²) in [5, 5.41) is 4.87. The van der Waals surface area contributed by atoms with Crippen molar-refractivity contribution >= 4 is 51.3 Å². The molecule has 0 aliphatic carbocycles. The highest BCUT2D eigenvalue weighted by molar-refractivity contribution is 7.11. The maximum absolute atomic E-state index is 8.39. The number of fused-ring (bicyclic) bond motifs is 3. The van der Waals surface area contributed by atoms with Gasteiger partial charge in [0.15, 0.2) is 6.20 Å². The van der Waals surface area contributed by atoms with Gasteiger partial charge in [-0.25, -0.2) is 9.41 Å². The lowest BCUT2D eigenvalue weighted by Gasteiger charge is -2.30. The maximum Gasteiger partial charge on any atom is 0.229 e. The summed E-state index contributed by atoms with van der Waals surface area (Å²) in [4.78, 5) is 4.09. The van der Waals surface area contributed by atoms with Gasteiger partial charge in [-0.1, -0.05) is 102 Å². The van der Waals surface area contributed by atoms with Gasteiger partial charge in [-0.15, -0.1) is 0 Å². The molecule has 0 aliphatic rings. The lowest BCUT2D eigenvalue weighted by molar-refractivity contribution is -0.660. The van der Waals surface area contributed by atoms with Gasteiger partial charge in [0.1, 0.15) is 26.3 Å². The Morgan fingerprint density at radius 3 is 2.03 bits per heavy atom. The highest BCUT2D eigenvalue weighted by Crippen LogP contribution is 2.40. The number of pyridine rings is 1. The molecule has 2 aromatic heterocycles. The van der Waals surface area contributed by atoms with E-state index in [-0.39, 0.29) is 11.1 Å². The summed E-state index contributed by atoms with van der Waals surface area (Å²) in [5.74, 6) is 0. The van der Waals surface area contributed by atoms with Crippen LogP contribution in [0.2, 0.25) is 6.55 Å². The van der Waals surface area contributed by atoms with Gasteiger partial charge in [0.05, 0.1) is 12.1 Å². The van der Waals surface area contributed by atoms with Crippen LogP contribution in [0.15, 0.2) is 102 Å². The molecular formula is C35H31N2OSi+. The molecule has 0 fully saturated rings. The van der Waals surface area contributed by atoms with E-state index in [0.29, 0.717) is 28.1 Å².